The second-order valence-electron chi connectivity index (χ2n) is 5.44. The largest absolute Gasteiger partial charge is 0.330 e. The van der Waals surface area contributed by atoms with E-state index in [0.29, 0.717) is 15.9 Å². The Morgan fingerprint density at radius 2 is 1.95 bits per heavy atom. The van der Waals surface area contributed by atoms with Crippen molar-refractivity contribution in [1.29, 1.82) is 0 Å². The van der Waals surface area contributed by atoms with Crippen molar-refractivity contribution < 1.29 is 8.42 Å². The molecule has 7 heteroatoms. The van der Waals surface area contributed by atoms with Crippen LogP contribution in [0.5, 0.6) is 0 Å². The van der Waals surface area contributed by atoms with Gasteiger partial charge >= 0.3 is 0 Å². The molecule has 0 amide bonds. The summed E-state index contributed by atoms with van der Waals surface area (Å²) < 4.78 is 28.6. The molecule has 0 spiro atoms. The van der Waals surface area contributed by atoms with Crippen LogP contribution in [0.3, 0.4) is 0 Å². The van der Waals surface area contributed by atoms with Crippen LogP contribution < -0.4 is 5.73 Å². The van der Waals surface area contributed by atoms with Crippen LogP contribution in [0.1, 0.15) is 25.7 Å². The molecule has 21 heavy (non-hydrogen) atoms. The van der Waals surface area contributed by atoms with Gasteiger partial charge in [0.2, 0.25) is 10.0 Å². The predicted octanol–water partition coefficient (Wildman–Crippen LogP) is 3.35. The fourth-order valence-electron chi connectivity index (χ4n) is 2.95. The summed E-state index contributed by atoms with van der Waals surface area (Å²) in [6.45, 7) is 0.532. The number of rotatable bonds is 4. The summed E-state index contributed by atoms with van der Waals surface area (Å²) in [5, 5.41) is 0. The second kappa shape index (κ2) is 7.08. The summed E-state index contributed by atoms with van der Waals surface area (Å²) in [5.41, 5.74) is 5.83. The summed E-state index contributed by atoms with van der Waals surface area (Å²) in [7, 11) is -1.87. The van der Waals surface area contributed by atoms with Gasteiger partial charge in [0.15, 0.2) is 0 Å². The smallest absolute Gasteiger partial charge is 0.244 e. The van der Waals surface area contributed by atoms with E-state index in [4.69, 9.17) is 5.73 Å². The van der Waals surface area contributed by atoms with Crippen LogP contribution in [0.2, 0.25) is 0 Å². The van der Waals surface area contributed by atoms with Crippen molar-refractivity contribution in [1.82, 2.24) is 4.31 Å². The van der Waals surface area contributed by atoms with E-state index in [9.17, 15) is 8.42 Å². The normalized spacial score (nSPS) is 23.5. The summed E-state index contributed by atoms with van der Waals surface area (Å²) in [4.78, 5) is 0.292. The minimum absolute atomic E-state index is 0.0142. The van der Waals surface area contributed by atoms with Crippen molar-refractivity contribution >= 4 is 41.9 Å². The third-order valence-electron chi connectivity index (χ3n) is 4.19. The SMILES string of the molecule is CN(C1CCCCC1CN)S(=O)(=O)c1cc(Br)ccc1Br. The fourth-order valence-corrected chi connectivity index (χ4v) is 5.86. The highest BCUT2D eigenvalue weighted by molar-refractivity contribution is 9.11. The molecule has 1 saturated carbocycles. The van der Waals surface area contributed by atoms with E-state index in [2.05, 4.69) is 31.9 Å². The van der Waals surface area contributed by atoms with Crippen LogP contribution >= 0.6 is 31.9 Å². The minimum Gasteiger partial charge on any atom is -0.330 e. The van der Waals surface area contributed by atoms with Crippen molar-refractivity contribution in [2.45, 2.75) is 36.6 Å². The standard InChI is InChI=1S/C14H20Br2N2O2S/c1-18(13-5-3-2-4-10(13)9-17)21(19,20)14-8-11(15)6-7-12(14)16/h6-8,10,13H,2-5,9,17H2,1H3. The molecule has 1 fully saturated rings. The lowest BCUT2D eigenvalue weighted by Crippen LogP contribution is -2.45. The van der Waals surface area contributed by atoms with Crippen molar-refractivity contribution in [2.75, 3.05) is 13.6 Å². The first kappa shape index (κ1) is 17.4. The molecule has 1 aromatic rings. The number of sulfonamides is 1. The molecular formula is C14H20Br2N2O2S. The molecule has 118 valence electrons. The fraction of sp³-hybridized carbons (Fsp3) is 0.571. The third-order valence-corrected chi connectivity index (χ3v) is 7.56. The molecule has 2 unspecified atom stereocenters. The molecule has 1 aliphatic carbocycles. The van der Waals surface area contributed by atoms with Gasteiger partial charge in [-0.15, -0.1) is 0 Å². The lowest BCUT2D eigenvalue weighted by molar-refractivity contribution is 0.204. The molecule has 0 aliphatic heterocycles. The number of nitrogens with zero attached hydrogens (tertiary/aromatic N) is 1. The Hall–Kier alpha value is 0.0500. The molecule has 1 aromatic carbocycles. The Morgan fingerprint density at radius 1 is 1.29 bits per heavy atom. The Balaban J connectivity index is 2.36. The summed E-state index contributed by atoms with van der Waals surface area (Å²) in [6.07, 6.45) is 4.07. The number of benzene rings is 1. The van der Waals surface area contributed by atoms with Gasteiger partial charge in [0.1, 0.15) is 0 Å². The van der Waals surface area contributed by atoms with E-state index >= 15 is 0 Å². The Labute approximate surface area is 143 Å². The second-order valence-corrected chi connectivity index (χ2v) is 9.18. The van der Waals surface area contributed by atoms with Gasteiger partial charge in [-0.3, -0.25) is 0 Å². The first-order valence-corrected chi connectivity index (χ1v) is 10.0. The quantitative estimate of drug-likeness (QED) is 0.782. The van der Waals surface area contributed by atoms with Crippen LogP contribution in [0.15, 0.2) is 32.0 Å². The predicted molar refractivity (Wildman–Crippen MR) is 91.6 cm³/mol. The maximum Gasteiger partial charge on any atom is 0.244 e. The Kier molecular flexibility index (Phi) is 5.87. The van der Waals surface area contributed by atoms with Crippen molar-refractivity contribution in [3.8, 4) is 0 Å². The third kappa shape index (κ3) is 3.69. The molecule has 0 radical (unpaired) electrons. The van der Waals surface area contributed by atoms with Crippen LogP contribution in [0, 0.1) is 5.92 Å². The van der Waals surface area contributed by atoms with Crippen molar-refractivity contribution in [3.05, 3.63) is 27.1 Å². The van der Waals surface area contributed by atoms with E-state index in [-0.39, 0.29) is 12.0 Å². The van der Waals surface area contributed by atoms with Gasteiger partial charge in [0.05, 0.1) is 4.90 Å². The zero-order chi connectivity index (χ0) is 15.6. The van der Waals surface area contributed by atoms with E-state index in [1.54, 1.807) is 19.2 Å². The maximum absolute atomic E-state index is 12.9. The zero-order valence-corrected chi connectivity index (χ0v) is 15.9. The molecule has 1 aliphatic rings. The average Bonchev–Trinajstić information content (AvgIpc) is 2.48. The van der Waals surface area contributed by atoms with Gasteiger partial charge in [-0.2, -0.15) is 4.31 Å². The van der Waals surface area contributed by atoms with Gasteiger partial charge < -0.3 is 5.73 Å². The topological polar surface area (TPSA) is 63.4 Å². The molecule has 2 N–H and O–H groups in total. The van der Waals surface area contributed by atoms with E-state index in [0.717, 1.165) is 30.2 Å². The Morgan fingerprint density at radius 3 is 2.62 bits per heavy atom. The number of hydrogen-bond acceptors (Lipinski definition) is 3. The summed E-state index contributed by atoms with van der Waals surface area (Å²) in [5.74, 6) is 0.240. The average molecular weight is 440 g/mol. The van der Waals surface area contributed by atoms with Gasteiger partial charge in [-0.1, -0.05) is 28.8 Å². The molecule has 2 rings (SSSR count). The maximum atomic E-state index is 12.9. The van der Waals surface area contributed by atoms with Crippen molar-refractivity contribution in [2.24, 2.45) is 11.7 Å². The minimum atomic E-state index is -3.53. The van der Waals surface area contributed by atoms with Crippen LogP contribution in [0.4, 0.5) is 0 Å². The molecule has 0 saturated heterocycles. The number of hydrogen-bond donors (Lipinski definition) is 1. The summed E-state index contributed by atoms with van der Waals surface area (Å²) in [6, 6.07) is 5.17. The van der Waals surface area contributed by atoms with E-state index < -0.39 is 10.0 Å². The number of halogens is 2. The first-order valence-electron chi connectivity index (χ1n) is 7.01. The van der Waals surface area contributed by atoms with Gasteiger partial charge in [-0.25, -0.2) is 8.42 Å². The molecular weight excluding hydrogens is 420 g/mol. The Bertz CT molecular complexity index is 607. The number of nitrogens with two attached hydrogens (primary N) is 1. The lowest BCUT2D eigenvalue weighted by atomic mass is 9.85. The lowest BCUT2D eigenvalue weighted by Gasteiger charge is -2.36. The van der Waals surface area contributed by atoms with Gasteiger partial charge in [-0.05, 0) is 59.4 Å². The highest BCUT2D eigenvalue weighted by atomic mass is 79.9. The zero-order valence-electron chi connectivity index (χ0n) is 11.9. The molecule has 2 atom stereocenters. The first-order chi connectivity index (χ1) is 9.87. The van der Waals surface area contributed by atoms with E-state index in [1.807, 2.05) is 6.07 Å². The molecule has 0 bridgehead atoms. The van der Waals surface area contributed by atoms with Crippen LogP contribution in [-0.2, 0) is 10.0 Å². The summed E-state index contributed by atoms with van der Waals surface area (Å²) >= 11 is 6.68. The highest BCUT2D eigenvalue weighted by Crippen LogP contribution is 2.33. The molecule has 4 nitrogen and oxygen atoms in total. The highest BCUT2D eigenvalue weighted by Gasteiger charge is 2.35. The van der Waals surface area contributed by atoms with Gasteiger partial charge in [0, 0.05) is 22.0 Å². The van der Waals surface area contributed by atoms with E-state index in [1.165, 1.54) is 4.31 Å². The molecule has 0 aromatic heterocycles. The molecule has 0 heterocycles. The van der Waals surface area contributed by atoms with Crippen LogP contribution in [0.25, 0.3) is 0 Å². The monoisotopic (exact) mass is 438 g/mol. The van der Waals surface area contributed by atoms with Gasteiger partial charge in [0.25, 0.3) is 0 Å². The van der Waals surface area contributed by atoms with Crippen molar-refractivity contribution in [3.63, 3.8) is 0 Å². The van der Waals surface area contributed by atoms with Crippen LogP contribution in [-0.4, -0.2) is 32.4 Å².